The molecule has 0 aliphatic rings. The van der Waals surface area contributed by atoms with Crippen LogP contribution in [0.1, 0.15) is 32.9 Å². The van der Waals surface area contributed by atoms with Crippen LogP contribution in [0.3, 0.4) is 0 Å². The lowest BCUT2D eigenvalue weighted by Gasteiger charge is -2.30. The molecular formula is C13H20F3N3O2S. The van der Waals surface area contributed by atoms with Crippen LogP contribution in [0.2, 0.25) is 0 Å². The molecule has 1 heterocycles. The molecule has 0 aromatic carbocycles. The van der Waals surface area contributed by atoms with Gasteiger partial charge in [0.1, 0.15) is 10.6 Å². The van der Waals surface area contributed by atoms with Crippen LogP contribution in [0.25, 0.3) is 0 Å². The van der Waals surface area contributed by atoms with Gasteiger partial charge in [0, 0.05) is 18.3 Å². The fourth-order valence-electron chi connectivity index (χ4n) is 2.16. The third kappa shape index (κ3) is 4.92. The molecule has 1 unspecified atom stereocenters. The smallest absolute Gasteiger partial charge is 0.329 e. The topological polar surface area (TPSA) is 85.1 Å². The number of halogens is 3. The van der Waals surface area contributed by atoms with Crippen LogP contribution in [-0.2, 0) is 16.2 Å². The molecule has 1 atom stereocenters. The summed E-state index contributed by atoms with van der Waals surface area (Å²) < 4.78 is 64.3. The second-order valence-corrected chi connectivity index (χ2v) is 7.53. The van der Waals surface area contributed by atoms with Gasteiger partial charge >= 0.3 is 6.18 Å². The van der Waals surface area contributed by atoms with Gasteiger partial charge in [0.05, 0.1) is 0 Å². The lowest BCUT2D eigenvalue weighted by atomic mass is 9.92. The van der Waals surface area contributed by atoms with E-state index < -0.39 is 27.4 Å². The lowest BCUT2D eigenvalue weighted by Crippen LogP contribution is -2.52. The number of sulfonamides is 1. The highest BCUT2D eigenvalue weighted by Gasteiger charge is 2.34. The summed E-state index contributed by atoms with van der Waals surface area (Å²) in [5.41, 5.74) is 3.61. The number of hydrogen-bond acceptors (Lipinski definition) is 4. The second-order valence-electron chi connectivity index (χ2n) is 5.85. The number of hydrogen-bond donors (Lipinski definition) is 2. The molecule has 0 amide bonds. The van der Waals surface area contributed by atoms with Gasteiger partial charge < -0.3 is 5.73 Å². The minimum atomic E-state index is -4.61. The van der Waals surface area contributed by atoms with Crippen molar-refractivity contribution in [3.05, 3.63) is 24.0 Å². The maximum atomic E-state index is 12.4. The highest BCUT2D eigenvalue weighted by Crippen LogP contribution is 2.28. The summed E-state index contributed by atoms with van der Waals surface area (Å²) in [5.74, 6) is 0.196. The number of alkyl halides is 3. The van der Waals surface area contributed by atoms with Crippen LogP contribution < -0.4 is 10.5 Å². The van der Waals surface area contributed by atoms with Gasteiger partial charge in [-0.3, -0.25) is 4.98 Å². The van der Waals surface area contributed by atoms with Gasteiger partial charge in [-0.25, -0.2) is 13.1 Å². The molecule has 0 aliphatic carbocycles. The first kappa shape index (κ1) is 18.9. The molecule has 1 aromatic rings. The Morgan fingerprint density at radius 1 is 1.32 bits per heavy atom. The van der Waals surface area contributed by atoms with Crippen molar-refractivity contribution in [2.24, 2.45) is 11.7 Å². The van der Waals surface area contributed by atoms with E-state index in [4.69, 9.17) is 5.73 Å². The number of rotatable bonds is 6. The van der Waals surface area contributed by atoms with Crippen LogP contribution in [0.15, 0.2) is 23.2 Å². The van der Waals surface area contributed by atoms with E-state index in [2.05, 4.69) is 9.71 Å². The zero-order valence-electron chi connectivity index (χ0n) is 12.6. The van der Waals surface area contributed by atoms with E-state index >= 15 is 0 Å². The van der Waals surface area contributed by atoms with Crippen molar-refractivity contribution in [2.45, 2.75) is 43.8 Å². The number of nitrogens with zero attached hydrogens (tertiary/aromatic N) is 1. The molecule has 9 heteroatoms. The van der Waals surface area contributed by atoms with Crippen LogP contribution >= 0.6 is 0 Å². The number of aromatic nitrogens is 1. The van der Waals surface area contributed by atoms with Gasteiger partial charge in [-0.2, -0.15) is 13.2 Å². The molecule has 0 radical (unpaired) electrons. The van der Waals surface area contributed by atoms with Crippen molar-refractivity contribution >= 4 is 10.0 Å². The van der Waals surface area contributed by atoms with Gasteiger partial charge in [0.15, 0.2) is 0 Å². The Bertz CT molecular complexity index is 600. The van der Waals surface area contributed by atoms with Crippen molar-refractivity contribution in [1.29, 1.82) is 0 Å². The van der Waals surface area contributed by atoms with Crippen LogP contribution in [0.4, 0.5) is 13.2 Å². The molecule has 0 aliphatic heterocycles. The van der Waals surface area contributed by atoms with E-state index in [1.54, 1.807) is 6.92 Å². The van der Waals surface area contributed by atoms with E-state index in [-0.39, 0.29) is 17.4 Å². The SMILES string of the molecule is CC(C)CC(C)(CN)NS(=O)(=O)c1ccc(C(F)(F)F)nc1. The molecule has 1 rings (SSSR count). The highest BCUT2D eigenvalue weighted by atomic mass is 32.2. The zero-order valence-corrected chi connectivity index (χ0v) is 13.4. The molecule has 5 nitrogen and oxygen atoms in total. The Kier molecular flexibility index (Phi) is 5.58. The normalized spacial score (nSPS) is 15.8. The summed E-state index contributed by atoms with van der Waals surface area (Å²) in [7, 11) is -4.00. The van der Waals surface area contributed by atoms with Gasteiger partial charge in [-0.15, -0.1) is 0 Å². The van der Waals surface area contributed by atoms with Crippen molar-refractivity contribution in [3.8, 4) is 0 Å². The molecule has 0 saturated heterocycles. The minimum Gasteiger partial charge on any atom is -0.329 e. The van der Waals surface area contributed by atoms with Crippen LogP contribution in [0.5, 0.6) is 0 Å². The maximum absolute atomic E-state index is 12.4. The Balaban J connectivity index is 3.04. The summed E-state index contributed by atoms with van der Waals surface area (Å²) >= 11 is 0. The average molecular weight is 339 g/mol. The maximum Gasteiger partial charge on any atom is 0.433 e. The molecule has 22 heavy (non-hydrogen) atoms. The van der Waals surface area contributed by atoms with Gasteiger partial charge in [0.2, 0.25) is 10.0 Å². The van der Waals surface area contributed by atoms with Crippen molar-refractivity contribution in [3.63, 3.8) is 0 Å². The largest absolute Gasteiger partial charge is 0.433 e. The van der Waals surface area contributed by atoms with Crippen LogP contribution in [0, 0.1) is 5.92 Å². The van der Waals surface area contributed by atoms with E-state index in [0.717, 1.165) is 6.07 Å². The lowest BCUT2D eigenvalue weighted by molar-refractivity contribution is -0.141. The van der Waals surface area contributed by atoms with Crippen molar-refractivity contribution < 1.29 is 21.6 Å². The predicted molar refractivity (Wildman–Crippen MR) is 76.5 cm³/mol. The molecule has 0 bridgehead atoms. The average Bonchev–Trinajstić information content (AvgIpc) is 2.36. The van der Waals surface area contributed by atoms with Gasteiger partial charge in [-0.05, 0) is 31.4 Å². The first-order chi connectivity index (χ1) is 9.89. The Morgan fingerprint density at radius 3 is 2.27 bits per heavy atom. The molecule has 126 valence electrons. The summed E-state index contributed by atoms with van der Waals surface area (Å²) in [5, 5.41) is 0. The standard InChI is InChI=1S/C13H20F3N3O2S/c1-9(2)6-12(3,8-17)19-22(20,21)10-4-5-11(18-7-10)13(14,15)16/h4-5,7,9,19H,6,8,17H2,1-3H3. The molecule has 1 aromatic heterocycles. The number of pyridine rings is 1. The first-order valence-electron chi connectivity index (χ1n) is 6.67. The Hall–Kier alpha value is -1.19. The Labute approximate surface area is 128 Å². The third-order valence-electron chi connectivity index (χ3n) is 3.03. The van der Waals surface area contributed by atoms with E-state index in [1.807, 2.05) is 13.8 Å². The van der Waals surface area contributed by atoms with E-state index in [9.17, 15) is 21.6 Å². The molecule has 3 N–H and O–H groups in total. The predicted octanol–water partition coefficient (Wildman–Crippen LogP) is 2.14. The molecule has 0 fully saturated rings. The fraction of sp³-hybridized carbons (Fsp3) is 0.615. The molecule has 0 saturated carbocycles. The summed E-state index contributed by atoms with van der Waals surface area (Å²) in [4.78, 5) is 2.83. The minimum absolute atomic E-state index is 0.0679. The quantitative estimate of drug-likeness (QED) is 0.831. The van der Waals surface area contributed by atoms with Crippen molar-refractivity contribution in [2.75, 3.05) is 6.54 Å². The van der Waals surface area contributed by atoms with E-state index in [0.29, 0.717) is 18.7 Å². The second kappa shape index (κ2) is 6.51. The Morgan fingerprint density at radius 2 is 1.91 bits per heavy atom. The highest BCUT2D eigenvalue weighted by molar-refractivity contribution is 7.89. The van der Waals surface area contributed by atoms with Gasteiger partial charge in [-0.1, -0.05) is 13.8 Å². The molecule has 0 spiro atoms. The van der Waals surface area contributed by atoms with Crippen LogP contribution in [-0.4, -0.2) is 25.5 Å². The number of nitrogens with two attached hydrogens (primary N) is 1. The first-order valence-corrected chi connectivity index (χ1v) is 8.15. The third-order valence-corrected chi connectivity index (χ3v) is 4.65. The van der Waals surface area contributed by atoms with E-state index in [1.165, 1.54) is 0 Å². The zero-order chi connectivity index (χ0) is 17.2. The van der Waals surface area contributed by atoms with Crippen molar-refractivity contribution in [1.82, 2.24) is 9.71 Å². The summed E-state index contributed by atoms with van der Waals surface area (Å²) in [6, 6.07) is 1.52. The van der Waals surface area contributed by atoms with Gasteiger partial charge in [0.25, 0.3) is 0 Å². The summed E-state index contributed by atoms with van der Waals surface area (Å²) in [6.45, 7) is 5.56. The number of nitrogens with one attached hydrogen (secondary N) is 1. The monoisotopic (exact) mass is 339 g/mol. The molecular weight excluding hydrogens is 319 g/mol. The summed E-state index contributed by atoms with van der Waals surface area (Å²) in [6.07, 6.45) is -3.42. The fourth-order valence-corrected chi connectivity index (χ4v) is 3.53.